The molecule has 1 aromatic carbocycles. The van der Waals surface area contributed by atoms with Gasteiger partial charge < -0.3 is 8.98 Å². The first-order valence-electron chi connectivity index (χ1n) is 5.41. The summed E-state index contributed by atoms with van der Waals surface area (Å²) in [6.45, 7) is 0. The van der Waals surface area contributed by atoms with E-state index in [1.807, 2.05) is 29.9 Å². The Morgan fingerprint density at radius 3 is 2.94 bits per heavy atom. The maximum atomic E-state index is 12.2. The Balaban J connectivity index is 2.11. The van der Waals surface area contributed by atoms with Crippen molar-refractivity contribution in [1.29, 1.82) is 0 Å². The molecule has 0 spiro atoms. The largest absolute Gasteiger partial charge is 0.463 e. The van der Waals surface area contributed by atoms with Crippen molar-refractivity contribution in [3.05, 3.63) is 53.1 Å². The molecule has 5 heteroatoms. The van der Waals surface area contributed by atoms with Gasteiger partial charge in [-0.25, -0.2) is 4.98 Å². The van der Waals surface area contributed by atoms with Gasteiger partial charge in [0.2, 0.25) is 5.43 Å². The molecule has 4 nitrogen and oxygen atoms in total. The van der Waals surface area contributed by atoms with Crippen LogP contribution in [0.3, 0.4) is 0 Å². The number of aromatic nitrogens is 2. The van der Waals surface area contributed by atoms with Gasteiger partial charge in [-0.05, 0) is 23.9 Å². The van der Waals surface area contributed by atoms with Gasteiger partial charge in [-0.2, -0.15) is 0 Å². The first kappa shape index (κ1) is 11.1. The first-order valence-corrected chi connectivity index (χ1v) is 6.23. The number of benzene rings is 1. The van der Waals surface area contributed by atoms with Crippen molar-refractivity contribution in [2.45, 2.75) is 10.1 Å². The van der Waals surface area contributed by atoms with E-state index < -0.39 is 0 Å². The zero-order valence-electron chi connectivity index (χ0n) is 9.66. The zero-order valence-corrected chi connectivity index (χ0v) is 10.5. The van der Waals surface area contributed by atoms with Crippen LogP contribution in [-0.4, -0.2) is 9.55 Å². The van der Waals surface area contributed by atoms with Crippen LogP contribution in [0.15, 0.2) is 62.2 Å². The van der Waals surface area contributed by atoms with E-state index in [9.17, 15) is 4.79 Å². The smallest absolute Gasteiger partial charge is 0.206 e. The Bertz CT molecular complexity index is 761. The van der Waals surface area contributed by atoms with E-state index in [4.69, 9.17) is 4.42 Å². The van der Waals surface area contributed by atoms with Crippen molar-refractivity contribution >= 4 is 22.7 Å². The van der Waals surface area contributed by atoms with Crippen LogP contribution in [0.25, 0.3) is 11.0 Å². The Morgan fingerprint density at radius 1 is 1.33 bits per heavy atom. The monoisotopic (exact) mass is 258 g/mol. The predicted octanol–water partition coefficient (Wildman–Crippen LogP) is 2.68. The molecule has 18 heavy (non-hydrogen) atoms. The summed E-state index contributed by atoms with van der Waals surface area (Å²) in [5.41, 5.74) is 0.580. The summed E-state index contributed by atoms with van der Waals surface area (Å²) in [5, 5.41) is 1.36. The number of fused-ring (bicyclic) bond motifs is 1. The molecule has 0 N–H and O–H groups in total. The summed E-state index contributed by atoms with van der Waals surface area (Å²) < 4.78 is 7.31. The van der Waals surface area contributed by atoms with E-state index in [1.54, 1.807) is 18.3 Å². The van der Waals surface area contributed by atoms with E-state index in [2.05, 4.69) is 4.98 Å². The van der Waals surface area contributed by atoms with Crippen LogP contribution in [-0.2, 0) is 7.05 Å². The topological polar surface area (TPSA) is 48.0 Å². The lowest BCUT2D eigenvalue weighted by Crippen LogP contribution is -2.04. The fraction of sp³-hybridized carbons (Fsp3) is 0.0769. The average Bonchev–Trinajstić information content (AvgIpc) is 2.79. The molecule has 0 amide bonds. The zero-order chi connectivity index (χ0) is 12.5. The third kappa shape index (κ3) is 1.82. The number of hydrogen-bond donors (Lipinski definition) is 0. The number of imidazole rings is 1. The molecule has 0 radical (unpaired) electrons. The van der Waals surface area contributed by atoms with Crippen molar-refractivity contribution in [3.8, 4) is 0 Å². The lowest BCUT2D eigenvalue weighted by molar-refractivity contribution is 0.587. The molecule has 0 atom stereocenters. The Hall–Kier alpha value is -2.01. The lowest BCUT2D eigenvalue weighted by Gasteiger charge is -2.02. The Kier molecular flexibility index (Phi) is 2.68. The highest BCUT2D eigenvalue weighted by Gasteiger charge is 2.10. The number of para-hydroxylation sites is 1. The average molecular weight is 258 g/mol. The molecule has 2 aromatic heterocycles. The summed E-state index contributed by atoms with van der Waals surface area (Å²) in [6, 6.07) is 7.22. The van der Waals surface area contributed by atoms with Crippen LogP contribution in [0.1, 0.15) is 0 Å². The van der Waals surface area contributed by atoms with E-state index in [0.29, 0.717) is 15.9 Å². The summed E-state index contributed by atoms with van der Waals surface area (Å²) in [5.74, 6) is 0. The van der Waals surface area contributed by atoms with E-state index >= 15 is 0 Å². The van der Waals surface area contributed by atoms with Crippen molar-refractivity contribution in [1.82, 2.24) is 9.55 Å². The van der Waals surface area contributed by atoms with Gasteiger partial charge in [0.1, 0.15) is 11.8 Å². The minimum atomic E-state index is -0.0233. The molecular weight excluding hydrogens is 248 g/mol. The van der Waals surface area contributed by atoms with Crippen LogP contribution >= 0.6 is 11.8 Å². The molecule has 0 aliphatic rings. The normalized spacial score (nSPS) is 10.9. The summed E-state index contributed by atoms with van der Waals surface area (Å²) in [7, 11) is 1.89. The maximum absolute atomic E-state index is 12.2. The Morgan fingerprint density at radius 2 is 2.17 bits per heavy atom. The Labute approximate surface area is 107 Å². The van der Waals surface area contributed by atoms with Gasteiger partial charge in [-0.3, -0.25) is 4.79 Å². The second-order valence-corrected chi connectivity index (χ2v) is 4.86. The molecule has 0 unspecified atom stereocenters. The highest BCUT2D eigenvalue weighted by Crippen LogP contribution is 2.24. The maximum Gasteiger partial charge on any atom is 0.206 e. The van der Waals surface area contributed by atoms with Crippen LogP contribution in [0.4, 0.5) is 0 Å². The molecule has 0 saturated heterocycles. The van der Waals surface area contributed by atoms with Crippen LogP contribution < -0.4 is 5.43 Å². The minimum absolute atomic E-state index is 0.0233. The molecule has 90 valence electrons. The molecule has 0 saturated carbocycles. The van der Waals surface area contributed by atoms with Crippen molar-refractivity contribution in [2.24, 2.45) is 7.05 Å². The van der Waals surface area contributed by atoms with E-state index in [0.717, 1.165) is 5.16 Å². The minimum Gasteiger partial charge on any atom is -0.463 e. The molecule has 2 heterocycles. The van der Waals surface area contributed by atoms with Gasteiger partial charge in [0.15, 0.2) is 5.16 Å². The molecule has 0 aliphatic heterocycles. The summed E-state index contributed by atoms with van der Waals surface area (Å²) in [4.78, 5) is 17.0. The fourth-order valence-electron chi connectivity index (χ4n) is 1.68. The molecule has 0 bridgehead atoms. The lowest BCUT2D eigenvalue weighted by atomic mass is 10.2. The van der Waals surface area contributed by atoms with Gasteiger partial charge >= 0.3 is 0 Å². The fourth-order valence-corrected chi connectivity index (χ4v) is 2.49. The van der Waals surface area contributed by atoms with E-state index in [1.165, 1.54) is 18.0 Å². The molecule has 3 rings (SSSR count). The standard InChI is InChI=1S/C13H10N2O2S/c1-15-7-6-14-13(15)18-11-8-17-10-5-3-2-4-9(10)12(11)16/h2-8H,1H3. The quantitative estimate of drug-likeness (QED) is 0.709. The van der Waals surface area contributed by atoms with Crippen LogP contribution in [0.2, 0.25) is 0 Å². The van der Waals surface area contributed by atoms with Crippen LogP contribution in [0.5, 0.6) is 0 Å². The number of rotatable bonds is 2. The van der Waals surface area contributed by atoms with Crippen molar-refractivity contribution < 1.29 is 4.42 Å². The van der Waals surface area contributed by atoms with Crippen molar-refractivity contribution in [2.75, 3.05) is 0 Å². The van der Waals surface area contributed by atoms with Gasteiger partial charge in [-0.15, -0.1) is 0 Å². The SMILES string of the molecule is Cn1ccnc1Sc1coc2ccccc2c1=O. The van der Waals surface area contributed by atoms with Gasteiger partial charge in [0.05, 0.1) is 10.3 Å². The van der Waals surface area contributed by atoms with Gasteiger partial charge in [-0.1, -0.05) is 12.1 Å². The molecule has 0 aliphatic carbocycles. The molecule has 0 fully saturated rings. The van der Waals surface area contributed by atoms with Gasteiger partial charge in [0.25, 0.3) is 0 Å². The summed E-state index contributed by atoms with van der Waals surface area (Å²) >= 11 is 1.31. The van der Waals surface area contributed by atoms with Crippen molar-refractivity contribution in [3.63, 3.8) is 0 Å². The second-order valence-electron chi connectivity index (χ2n) is 3.85. The number of aryl methyl sites for hydroxylation is 1. The predicted molar refractivity (Wildman–Crippen MR) is 69.8 cm³/mol. The second kappa shape index (κ2) is 4.34. The van der Waals surface area contributed by atoms with E-state index in [-0.39, 0.29) is 5.43 Å². The molecular formula is C13H10N2O2S. The first-order chi connectivity index (χ1) is 8.75. The number of nitrogens with zero attached hydrogens (tertiary/aromatic N) is 2. The third-order valence-corrected chi connectivity index (χ3v) is 3.70. The number of hydrogen-bond acceptors (Lipinski definition) is 4. The van der Waals surface area contributed by atoms with Crippen LogP contribution in [0, 0.1) is 0 Å². The van der Waals surface area contributed by atoms with Gasteiger partial charge in [0, 0.05) is 19.4 Å². The highest BCUT2D eigenvalue weighted by molar-refractivity contribution is 7.99. The highest BCUT2D eigenvalue weighted by atomic mass is 32.2. The molecule has 3 aromatic rings. The summed E-state index contributed by atoms with van der Waals surface area (Å²) in [6.07, 6.45) is 5.03. The third-order valence-electron chi connectivity index (χ3n) is 2.63.